The second kappa shape index (κ2) is 6.95. The van der Waals surface area contributed by atoms with Crippen molar-refractivity contribution in [2.75, 3.05) is 20.7 Å². The van der Waals surface area contributed by atoms with Gasteiger partial charge in [0, 0.05) is 32.0 Å². The minimum absolute atomic E-state index is 0.233. The fourth-order valence-electron chi connectivity index (χ4n) is 4.33. The summed E-state index contributed by atoms with van der Waals surface area (Å²) in [7, 11) is 3.68. The number of benzene rings is 2. The first-order valence-corrected chi connectivity index (χ1v) is 9.33. The van der Waals surface area contributed by atoms with E-state index in [1.807, 2.05) is 24.3 Å². The normalized spacial score (nSPS) is 17.4. The summed E-state index contributed by atoms with van der Waals surface area (Å²) in [6.07, 6.45) is 1.68. The van der Waals surface area contributed by atoms with Crippen LogP contribution in [0.4, 0.5) is 0 Å². The second-order valence-electron chi connectivity index (χ2n) is 7.31. The van der Waals surface area contributed by atoms with Crippen molar-refractivity contribution < 1.29 is 23.8 Å². The highest BCUT2D eigenvalue weighted by Gasteiger charge is 2.36. The van der Waals surface area contributed by atoms with Gasteiger partial charge in [-0.05, 0) is 60.3 Å². The number of esters is 2. The molecule has 2 aromatic rings. The number of methoxy groups -OCH3 is 1. The molecule has 0 bridgehead atoms. The fourth-order valence-corrected chi connectivity index (χ4v) is 4.33. The highest BCUT2D eigenvalue weighted by atomic mass is 16.6. The Hall–Kier alpha value is -2.86. The van der Waals surface area contributed by atoms with Crippen LogP contribution < -0.4 is 14.2 Å². The molecular weight excluding hydrogens is 358 g/mol. The van der Waals surface area contributed by atoms with Gasteiger partial charge < -0.3 is 14.2 Å². The van der Waals surface area contributed by atoms with E-state index in [0.29, 0.717) is 17.2 Å². The Bertz CT molecular complexity index is 981. The zero-order valence-electron chi connectivity index (χ0n) is 16.5. The Balaban J connectivity index is 2.01. The van der Waals surface area contributed by atoms with E-state index in [0.717, 1.165) is 36.1 Å². The summed E-state index contributed by atoms with van der Waals surface area (Å²) < 4.78 is 16.5. The summed E-state index contributed by atoms with van der Waals surface area (Å²) in [4.78, 5) is 25.7. The van der Waals surface area contributed by atoms with Gasteiger partial charge in [0.25, 0.3) is 0 Å². The van der Waals surface area contributed by atoms with Gasteiger partial charge in [-0.3, -0.25) is 14.5 Å². The molecule has 4 rings (SSSR count). The molecule has 1 aliphatic heterocycles. The summed E-state index contributed by atoms with van der Waals surface area (Å²) in [5.41, 5.74) is 5.22. The lowest BCUT2D eigenvalue weighted by Gasteiger charge is -2.40. The molecule has 1 heterocycles. The molecule has 1 unspecified atom stereocenters. The topological polar surface area (TPSA) is 65.1 Å². The molecule has 2 aliphatic rings. The number of nitrogens with zero attached hydrogens (tertiary/aromatic N) is 1. The van der Waals surface area contributed by atoms with Crippen molar-refractivity contribution in [3.05, 3.63) is 41.0 Å². The second-order valence-corrected chi connectivity index (χ2v) is 7.31. The quantitative estimate of drug-likeness (QED) is 0.600. The number of likely N-dealkylation sites (N-methyl/N-ethyl adjacent to an activating group) is 1. The van der Waals surface area contributed by atoms with Gasteiger partial charge >= 0.3 is 11.9 Å². The lowest BCUT2D eigenvalue weighted by molar-refractivity contribution is -0.132. The van der Waals surface area contributed by atoms with Crippen LogP contribution in [-0.2, 0) is 22.4 Å². The third kappa shape index (κ3) is 3.03. The molecule has 6 heteroatoms. The number of carbonyl (C=O) groups is 2. The zero-order valence-corrected chi connectivity index (χ0v) is 16.5. The number of ether oxygens (including phenoxy) is 3. The molecule has 146 valence electrons. The van der Waals surface area contributed by atoms with E-state index in [9.17, 15) is 9.59 Å². The van der Waals surface area contributed by atoms with Crippen LogP contribution in [0.5, 0.6) is 17.2 Å². The van der Waals surface area contributed by atoms with Crippen LogP contribution in [0.15, 0.2) is 24.3 Å². The van der Waals surface area contributed by atoms with Crippen molar-refractivity contribution in [1.82, 2.24) is 4.90 Å². The van der Waals surface area contributed by atoms with Crippen molar-refractivity contribution in [2.24, 2.45) is 0 Å². The van der Waals surface area contributed by atoms with E-state index in [1.54, 1.807) is 7.11 Å². The van der Waals surface area contributed by atoms with Gasteiger partial charge in [-0.15, -0.1) is 0 Å². The highest BCUT2D eigenvalue weighted by Crippen LogP contribution is 2.51. The molecule has 1 aliphatic carbocycles. The van der Waals surface area contributed by atoms with Crippen LogP contribution in [0.25, 0.3) is 11.1 Å². The molecule has 0 saturated heterocycles. The molecule has 0 spiro atoms. The van der Waals surface area contributed by atoms with E-state index in [1.165, 1.54) is 25.0 Å². The molecule has 0 fully saturated rings. The highest BCUT2D eigenvalue weighted by molar-refractivity contribution is 5.86. The summed E-state index contributed by atoms with van der Waals surface area (Å²) in [6, 6.07) is 7.91. The van der Waals surface area contributed by atoms with E-state index in [4.69, 9.17) is 14.2 Å². The van der Waals surface area contributed by atoms with Gasteiger partial charge in [0.1, 0.15) is 5.75 Å². The van der Waals surface area contributed by atoms with Gasteiger partial charge in [-0.1, -0.05) is 6.07 Å². The summed E-state index contributed by atoms with van der Waals surface area (Å²) in [5, 5.41) is 0. The maximum atomic E-state index is 11.8. The fraction of sp³-hybridized carbons (Fsp3) is 0.364. The van der Waals surface area contributed by atoms with Crippen LogP contribution in [0.2, 0.25) is 0 Å². The first-order valence-electron chi connectivity index (χ1n) is 9.33. The number of carbonyl (C=O) groups excluding carboxylic acids is 2. The molecule has 0 radical (unpaired) electrons. The van der Waals surface area contributed by atoms with Gasteiger partial charge in [-0.25, -0.2) is 0 Å². The number of hydrogen-bond acceptors (Lipinski definition) is 6. The average Bonchev–Trinajstić information content (AvgIpc) is 2.63. The molecule has 0 saturated carbocycles. The average molecular weight is 381 g/mol. The molecular formula is C22H23NO5. The Morgan fingerprint density at radius 1 is 1.07 bits per heavy atom. The Morgan fingerprint density at radius 3 is 2.50 bits per heavy atom. The predicted octanol–water partition coefficient (Wildman–Crippen LogP) is 3.30. The Labute approximate surface area is 164 Å². The van der Waals surface area contributed by atoms with Crippen LogP contribution in [-0.4, -0.2) is 37.5 Å². The lowest BCUT2D eigenvalue weighted by Crippen LogP contribution is -2.35. The molecule has 6 nitrogen and oxygen atoms in total. The van der Waals surface area contributed by atoms with E-state index >= 15 is 0 Å². The summed E-state index contributed by atoms with van der Waals surface area (Å²) in [5.74, 6) is 0.660. The molecule has 28 heavy (non-hydrogen) atoms. The van der Waals surface area contributed by atoms with Gasteiger partial charge in [0.05, 0.1) is 7.11 Å². The predicted molar refractivity (Wildman–Crippen MR) is 104 cm³/mol. The van der Waals surface area contributed by atoms with Crippen LogP contribution in [0, 0.1) is 0 Å². The zero-order chi connectivity index (χ0) is 20.0. The van der Waals surface area contributed by atoms with Gasteiger partial charge in [-0.2, -0.15) is 0 Å². The molecule has 0 N–H and O–H groups in total. The summed E-state index contributed by atoms with van der Waals surface area (Å²) >= 11 is 0. The number of hydrogen-bond donors (Lipinski definition) is 0. The number of fused-ring (bicyclic) bond motifs is 2. The van der Waals surface area contributed by atoms with Crippen molar-refractivity contribution in [1.29, 1.82) is 0 Å². The lowest BCUT2D eigenvalue weighted by atomic mass is 9.76. The molecule has 2 aromatic carbocycles. The summed E-state index contributed by atoms with van der Waals surface area (Å²) in [6.45, 7) is 3.70. The Morgan fingerprint density at radius 2 is 1.82 bits per heavy atom. The van der Waals surface area contributed by atoms with E-state index < -0.39 is 5.97 Å². The maximum absolute atomic E-state index is 11.8. The third-order valence-electron chi connectivity index (χ3n) is 5.46. The maximum Gasteiger partial charge on any atom is 0.308 e. The first-order chi connectivity index (χ1) is 13.4. The van der Waals surface area contributed by atoms with Crippen molar-refractivity contribution in [2.45, 2.75) is 32.7 Å². The van der Waals surface area contributed by atoms with Crippen LogP contribution in [0.3, 0.4) is 0 Å². The van der Waals surface area contributed by atoms with E-state index in [-0.39, 0.29) is 12.0 Å². The molecule has 0 amide bonds. The minimum Gasteiger partial charge on any atom is -0.493 e. The standard InChI is InChI=1S/C22H23NO5/c1-12(24)27-16-9-15-7-8-23(3)18-10-14-5-6-19(26-4)22(28-13(2)25)21(14)17(11-16)20(15)18/h5-6,9,11,18H,7-8,10H2,1-4H3. The van der Waals surface area contributed by atoms with Crippen LogP contribution >= 0.6 is 0 Å². The largest absolute Gasteiger partial charge is 0.493 e. The molecule has 0 aromatic heterocycles. The van der Waals surface area contributed by atoms with Crippen LogP contribution in [0.1, 0.15) is 36.6 Å². The number of rotatable bonds is 3. The SMILES string of the molecule is COc1ccc2c(c1OC(C)=O)-c1cc(OC(C)=O)cc3c1C(C2)N(C)CC3. The van der Waals surface area contributed by atoms with Gasteiger partial charge in [0.2, 0.25) is 0 Å². The molecule has 1 atom stereocenters. The van der Waals surface area contributed by atoms with Crippen molar-refractivity contribution in [3.63, 3.8) is 0 Å². The minimum atomic E-state index is -0.407. The monoisotopic (exact) mass is 381 g/mol. The Kier molecular flexibility index (Phi) is 4.59. The van der Waals surface area contributed by atoms with E-state index in [2.05, 4.69) is 11.9 Å². The van der Waals surface area contributed by atoms with Crippen molar-refractivity contribution >= 4 is 11.9 Å². The smallest absolute Gasteiger partial charge is 0.308 e. The van der Waals surface area contributed by atoms with Gasteiger partial charge in [0.15, 0.2) is 11.5 Å². The first kappa shape index (κ1) is 18.5. The third-order valence-corrected chi connectivity index (χ3v) is 5.46. The van der Waals surface area contributed by atoms with Crippen molar-refractivity contribution in [3.8, 4) is 28.4 Å².